The van der Waals surface area contributed by atoms with Gasteiger partial charge in [0.1, 0.15) is 0 Å². The molecular weight excluding hydrogens is 482 g/mol. The van der Waals surface area contributed by atoms with Crippen molar-refractivity contribution in [1.82, 2.24) is 4.98 Å². The summed E-state index contributed by atoms with van der Waals surface area (Å²) in [7, 11) is 1.40. The van der Waals surface area contributed by atoms with E-state index >= 15 is 0 Å². The molecule has 1 aromatic heterocycles. The van der Waals surface area contributed by atoms with Crippen LogP contribution in [-0.4, -0.2) is 40.7 Å². The fourth-order valence-electron chi connectivity index (χ4n) is 2.78. The molecule has 3 rings (SSSR count). The number of benzene rings is 2. The van der Waals surface area contributed by atoms with E-state index in [-0.39, 0.29) is 29.6 Å². The van der Waals surface area contributed by atoms with E-state index in [2.05, 4.69) is 15.5 Å². The third-order valence-electron chi connectivity index (χ3n) is 4.31. The summed E-state index contributed by atoms with van der Waals surface area (Å²) >= 11 is 1.28. The van der Waals surface area contributed by atoms with Crippen LogP contribution in [0.4, 0.5) is 16.5 Å². The minimum absolute atomic E-state index is 0.0708. The van der Waals surface area contributed by atoms with Crippen molar-refractivity contribution in [2.24, 2.45) is 5.10 Å². The minimum atomic E-state index is -0.766. The van der Waals surface area contributed by atoms with E-state index in [0.717, 1.165) is 18.2 Å². The van der Waals surface area contributed by atoms with Crippen molar-refractivity contribution in [2.75, 3.05) is 19.1 Å². The summed E-state index contributed by atoms with van der Waals surface area (Å²) < 4.78 is 15.8. The Bertz CT molecular complexity index is 1280. The number of aromatic nitrogens is 1. The first kappa shape index (κ1) is 25.0. The molecule has 0 spiro atoms. The average Bonchev–Trinajstić information content (AvgIpc) is 3.26. The number of carbonyl (C=O) groups excluding carboxylic acids is 1. The largest absolute Gasteiger partial charge is 0.493 e. The number of carbonyl (C=O) groups is 1. The van der Waals surface area contributed by atoms with Crippen LogP contribution in [0.2, 0.25) is 0 Å². The van der Waals surface area contributed by atoms with Gasteiger partial charge in [-0.1, -0.05) is 0 Å². The number of nitrogens with one attached hydrogen (secondary N) is 1. The zero-order chi connectivity index (χ0) is 25.4. The Labute approximate surface area is 202 Å². The second kappa shape index (κ2) is 11.5. The maximum Gasteiger partial charge on any atom is 0.318 e. The number of ether oxygens (including phenoxy) is 3. The van der Waals surface area contributed by atoms with Crippen molar-refractivity contribution in [3.05, 3.63) is 73.3 Å². The summed E-state index contributed by atoms with van der Waals surface area (Å²) in [5, 5.41) is 28.6. The highest BCUT2D eigenvalue weighted by Gasteiger charge is 2.22. The fraction of sp³-hybridized carbons (Fsp3) is 0.190. The number of hydrazone groups is 1. The molecule has 0 fully saturated rings. The van der Waals surface area contributed by atoms with Crippen LogP contribution in [0.1, 0.15) is 18.2 Å². The van der Waals surface area contributed by atoms with Crippen LogP contribution >= 0.6 is 11.3 Å². The molecule has 0 aliphatic carbocycles. The molecule has 0 aliphatic heterocycles. The van der Waals surface area contributed by atoms with Crippen molar-refractivity contribution >= 4 is 40.0 Å². The molecule has 0 unspecified atom stereocenters. The molecule has 0 saturated carbocycles. The number of esters is 1. The summed E-state index contributed by atoms with van der Waals surface area (Å²) in [4.78, 5) is 36.5. The number of nitrogens with zero attached hydrogens (tertiary/aromatic N) is 4. The Hall–Kier alpha value is -4.59. The van der Waals surface area contributed by atoms with Crippen LogP contribution in [0.25, 0.3) is 0 Å². The first-order valence-electron chi connectivity index (χ1n) is 9.98. The van der Waals surface area contributed by atoms with E-state index in [1.54, 1.807) is 24.4 Å². The number of nitro groups is 2. The van der Waals surface area contributed by atoms with E-state index in [0.29, 0.717) is 23.0 Å². The second-order valence-corrected chi connectivity index (χ2v) is 7.53. The summed E-state index contributed by atoms with van der Waals surface area (Å²) in [6.07, 6.45) is 1.56. The molecule has 13 nitrogen and oxygen atoms in total. The summed E-state index contributed by atoms with van der Waals surface area (Å²) in [5.74, 6) is -0.114. The molecule has 182 valence electrons. The van der Waals surface area contributed by atoms with Crippen molar-refractivity contribution in [2.45, 2.75) is 13.3 Å². The predicted molar refractivity (Wildman–Crippen MR) is 126 cm³/mol. The van der Waals surface area contributed by atoms with Gasteiger partial charge in [0.2, 0.25) is 10.9 Å². The van der Waals surface area contributed by atoms with Gasteiger partial charge in [-0.3, -0.25) is 30.4 Å². The van der Waals surface area contributed by atoms with E-state index < -0.39 is 21.2 Å². The second-order valence-electron chi connectivity index (χ2n) is 6.67. The number of anilines is 1. The number of rotatable bonds is 11. The Morgan fingerprint density at radius 1 is 1.14 bits per heavy atom. The number of methoxy groups -OCH3 is 1. The Morgan fingerprint density at radius 2 is 1.91 bits per heavy atom. The molecule has 0 aliphatic rings. The molecule has 0 atom stereocenters. The summed E-state index contributed by atoms with van der Waals surface area (Å²) in [6, 6.07) is 7.83. The lowest BCUT2D eigenvalue weighted by Gasteiger charge is -2.11. The molecule has 1 N–H and O–H groups in total. The smallest absolute Gasteiger partial charge is 0.318 e. The lowest BCUT2D eigenvalue weighted by atomic mass is 10.2. The highest BCUT2D eigenvalue weighted by molar-refractivity contribution is 7.13. The molecule has 0 saturated heterocycles. The van der Waals surface area contributed by atoms with Crippen LogP contribution in [0.5, 0.6) is 17.2 Å². The number of non-ortho nitro benzene ring substituents is 1. The summed E-state index contributed by atoms with van der Waals surface area (Å²) in [5.41, 5.74) is 2.96. The fourth-order valence-corrected chi connectivity index (χ4v) is 3.44. The van der Waals surface area contributed by atoms with Crippen LogP contribution in [-0.2, 0) is 16.0 Å². The van der Waals surface area contributed by atoms with Crippen molar-refractivity contribution < 1.29 is 28.9 Å². The van der Waals surface area contributed by atoms with Gasteiger partial charge in [0, 0.05) is 11.4 Å². The van der Waals surface area contributed by atoms with Crippen molar-refractivity contribution in [3.63, 3.8) is 0 Å². The number of hydrogen-bond donors (Lipinski definition) is 1. The molecule has 0 radical (unpaired) electrons. The van der Waals surface area contributed by atoms with E-state index in [1.807, 2.05) is 0 Å². The zero-order valence-corrected chi connectivity index (χ0v) is 19.3. The zero-order valence-electron chi connectivity index (χ0n) is 18.5. The predicted octanol–water partition coefficient (Wildman–Crippen LogP) is 4.31. The van der Waals surface area contributed by atoms with Gasteiger partial charge >= 0.3 is 11.7 Å². The number of thiazole rings is 1. The van der Waals surface area contributed by atoms with Gasteiger partial charge in [0.05, 0.1) is 48.0 Å². The molecule has 3 aromatic rings. The normalized spacial score (nSPS) is 10.7. The maximum atomic E-state index is 11.5. The standard InChI is InChI=1S/C21H19N5O8S/c1-3-33-20(27)9-14-12-35-21(23-14)24-22-11-13-4-6-18(19(8-13)32-2)34-17-7-5-15(25(28)29)10-16(17)26(30)31/h4-8,10-12H,3,9H2,1-2H3,(H,23,24). The third-order valence-corrected chi connectivity index (χ3v) is 5.11. The van der Waals surface area contributed by atoms with Gasteiger partial charge in [-0.25, -0.2) is 4.98 Å². The molecule has 35 heavy (non-hydrogen) atoms. The van der Waals surface area contributed by atoms with Gasteiger partial charge in [0.25, 0.3) is 5.69 Å². The van der Waals surface area contributed by atoms with E-state index in [4.69, 9.17) is 14.2 Å². The molecular formula is C21H19N5O8S. The van der Waals surface area contributed by atoms with Crippen LogP contribution in [0.15, 0.2) is 46.9 Å². The van der Waals surface area contributed by atoms with Gasteiger partial charge in [-0.15, -0.1) is 11.3 Å². The van der Waals surface area contributed by atoms with Gasteiger partial charge < -0.3 is 14.2 Å². The highest BCUT2D eigenvalue weighted by atomic mass is 32.1. The molecule has 0 bridgehead atoms. The van der Waals surface area contributed by atoms with Crippen molar-refractivity contribution in [1.29, 1.82) is 0 Å². The maximum absolute atomic E-state index is 11.5. The first-order chi connectivity index (χ1) is 16.8. The Kier molecular flexibility index (Phi) is 8.24. The number of hydrogen-bond acceptors (Lipinski definition) is 12. The summed E-state index contributed by atoms with van der Waals surface area (Å²) in [6.45, 7) is 2.03. The lowest BCUT2D eigenvalue weighted by molar-refractivity contribution is -0.394. The van der Waals surface area contributed by atoms with E-state index in [9.17, 15) is 25.0 Å². The van der Waals surface area contributed by atoms with Crippen LogP contribution in [0.3, 0.4) is 0 Å². The van der Waals surface area contributed by atoms with Gasteiger partial charge in [0.15, 0.2) is 11.5 Å². The molecule has 0 amide bonds. The number of nitro benzene ring substituents is 2. The Morgan fingerprint density at radius 3 is 2.60 bits per heavy atom. The van der Waals surface area contributed by atoms with Crippen LogP contribution < -0.4 is 14.9 Å². The topological polar surface area (TPSA) is 168 Å². The van der Waals surface area contributed by atoms with Crippen molar-refractivity contribution in [3.8, 4) is 17.2 Å². The van der Waals surface area contributed by atoms with Gasteiger partial charge in [-0.05, 0) is 36.8 Å². The van der Waals surface area contributed by atoms with Gasteiger partial charge in [-0.2, -0.15) is 5.10 Å². The monoisotopic (exact) mass is 501 g/mol. The first-order valence-corrected chi connectivity index (χ1v) is 10.9. The molecule has 14 heteroatoms. The quantitative estimate of drug-likeness (QED) is 0.173. The minimum Gasteiger partial charge on any atom is -0.493 e. The molecule has 2 aromatic carbocycles. The lowest BCUT2D eigenvalue weighted by Crippen LogP contribution is -2.07. The average molecular weight is 501 g/mol. The molecule has 1 heterocycles. The Balaban J connectivity index is 1.71. The van der Waals surface area contributed by atoms with E-state index in [1.165, 1.54) is 30.7 Å². The third kappa shape index (κ3) is 6.70. The highest BCUT2D eigenvalue weighted by Crippen LogP contribution is 2.38. The van der Waals surface area contributed by atoms with Crippen LogP contribution in [0, 0.1) is 20.2 Å². The SMILES string of the molecule is CCOC(=O)Cc1csc(NN=Cc2ccc(Oc3ccc([N+](=O)[O-])cc3[N+](=O)[O-])c(OC)c2)n1.